The molecule has 25 nitrogen and oxygen atoms in total. The molecule has 8 bridgehead atoms. The molecule has 17 heterocycles. The van der Waals surface area contributed by atoms with Crippen LogP contribution >= 0.6 is 0 Å². The maximum atomic E-state index is 14.9. The first-order chi connectivity index (χ1) is 62.0. The number of fused-ring (bicyclic) bond motifs is 12. The van der Waals surface area contributed by atoms with E-state index in [-0.39, 0.29) is 118 Å². The number of hydrogen-bond acceptors (Lipinski definition) is 21. The molecule has 12 aliphatic rings. The third kappa shape index (κ3) is 18.9. The molecule has 12 aromatic rings. The molecule has 32 heteroatoms. The van der Waals surface area contributed by atoms with Crippen LogP contribution in [-0.2, 0) is 0 Å². The Morgan fingerprint density at radius 1 is 0.312 bits per heavy atom. The highest BCUT2D eigenvalue weighted by atomic mass is 19.2. The fraction of sp³-hybridized carbons (Fsp3) is 0.344. The molecule has 24 rings (SSSR count). The number of rotatable bonds is 16. The van der Waals surface area contributed by atoms with Crippen LogP contribution in [0.15, 0.2) is 190 Å². The summed E-state index contributed by atoms with van der Waals surface area (Å²) in [5, 5.41) is 12.9. The molecule has 0 radical (unpaired) electrons. The Balaban J connectivity index is 0.000000120. The van der Waals surface area contributed by atoms with Gasteiger partial charge in [-0.2, -0.15) is 0 Å². The number of aromatic nitrogens is 13. The largest absolute Gasteiger partial charge is 0.363 e. The van der Waals surface area contributed by atoms with E-state index >= 15 is 0 Å². The van der Waals surface area contributed by atoms with Crippen LogP contribution in [0.4, 0.5) is 54.0 Å². The number of hydrogen-bond donors (Lipinski definition) is 4. The molecule has 12 fully saturated rings. The van der Waals surface area contributed by atoms with Crippen LogP contribution < -0.4 is 21.3 Å². The summed E-state index contributed by atoms with van der Waals surface area (Å²) in [5.41, 5.74) is 6.57. The van der Waals surface area contributed by atoms with Crippen LogP contribution in [-0.4, -0.2) is 183 Å². The van der Waals surface area contributed by atoms with Crippen molar-refractivity contribution in [3.63, 3.8) is 0 Å². The highest BCUT2D eigenvalue weighted by Gasteiger charge is 2.49. The Bertz CT molecular complexity index is 5860. The molecular formula is C96H94F7N21O4. The first-order valence-corrected chi connectivity index (χ1v) is 43.2. The fourth-order valence-electron chi connectivity index (χ4n) is 19.5. The van der Waals surface area contributed by atoms with Crippen LogP contribution in [0.25, 0.3) is 45.6 Å². The number of amides is 4. The second-order valence-electron chi connectivity index (χ2n) is 34.4. The number of piperidine rings is 8. The summed E-state index contributed by atoms with van der Waals surface area (Å²) < 4.78 is 101. The lowest BCUT2D eigenvalue weighted by Gasteiger charge is -2.50. The Kier molecular flexibility index (Phi) is 25.6. The molecule has 656 valence electrons. The Morgan fingerprint density at radius 2 is 0.648 bits per heavy atom. The summed E-state index contributed by atoms with van der Waals surface area (Å²) in [7, 11) is 0. The second-order valence-corrected chi connectivity index (χ2v) is 34.4. The average Bonchev–Trinajstić information content (AvgIpc) is 1.00. The van der Waals surface area contributed by atoms with Gasteiger partial charge in [-0.05, 0) is 261 Å². The number of halogens is 7. The van der Waals surface area contributed by atoms with Crippen molar-refractivity contribution in [1.82, 2.24) is 84.4 Å². The van der Waals surface area contributed by atoms with Crippen molar-refractivity contribution in [3.8, 4) is 45.6 Å². The van der Waals surface area contributed by atoms with Crippen molar-refractivity contribution in [2.75, 3.05) is 47.4 Å². The van der Waals surface area contributed by atoms with Crippen molar-refractivity contribution in [2.45, 2.75) is 160 Å². The maximum Gasteiger partial charge on any atom is 0.273 e. The van der Waals surface area contributed by atoms with Gasteiger partial charge >= 0.3 is 0 Å². The number of carbonyl (C=O) groups excluding carboxylic acids is 4. The minimum absolute atomic E-state index is 0.0235. The molecule has 4 N–H and O–H groups in total. The normalized spacial score (nSPS) is 22.1. The van der Waals surface area contributed by atoms with E-state index in [9.17, 15) is 49.9 Å². The van der Waals surface area contributed by atoms with Crippen molar-refractivity contribution in [3.05, 3.63) is 281 Å². The molecule has 3 aromatic carbocycles. The van der Waals surface area contributed by atoms with Gasteiger partial charge in [-0.25, -0.2) is 95.5 Å². The number of nitrogens with one attached hydrogen (secondary N) is 4. The number of anilines is 4. The number of nitrogens with zero attached hydrogens (tertiary/aromatic N) is 17. The predicted octanol–water partition coefficient (Wildman–Crippen LogP) is 16.5. The molecule has 12 unspecified atom stereocenters. The number of carbonyl (C=O) groups is 4. The fourth-order valence-corrected chi connectivity index (χ4v) is 19.5. The first-order valence-electron chi connectivity index (χ1n) is 43.2. The highest BCUT2D eigenvalue weighted by Crippen LogP contribution is 2.44. The molecule has 9 aromatic heterocycles. The lowest BCUT2D eigenvalue weighted by atomic mass is 9.76. The minimum Gasteiger partial charge on any atom is -0.363 e. The van der Waals surface area contributed by atoms with Crippen LogP contribution in [0.3, 0.4) is 0 Å². The van der Waals surface area contributed by atoms with Gasteiger partial charge in [0.25, 0.3) is 23.6 Å². The smallest absolute Gasteiger partial charge is 0.273 e. The minimum atomic E-state index is -0.600. The molecule has 8 saturated heterocycles. The van der Waals surface area contributed by atoms with E-state index in [1.165, 1.54) is 60.7 Å². The Morgan fingerprint density at radius 3 is 1.04 bits per heavy atom. The molecule has 4 aliphatic carbocycles. The molecule has 12 atom stereocenters. The molecule has 8 aliphatic heterocycles. The third-order valence-corrected chi connectivity index (χ3v) is 25.5. The zero-order valence-corrected chi connectivity index (χ0v) is 71.0. The molecule has 4 saturated carbocycles. The third-order valence-electron chi connectivity index (χ3n) is 25.5. The van der Waals surface area contributed by atoms with Crippen molar-refractivity contribution >= 4 is 46.9 Å². The predicted molar refractivity (Wildman–Crippen MR) is 466 cm³/mol. The lowest BCUT2D eigenvalue weighted by molar-refractivity contribution is 0.0273. The van der Waals surface area contributed by atoms with Gasteiger partial charge < -0.3 is 40.9 Å². The zero-order chi connectivity index (χ0) is 89.0. The summed E-state index contributed by atoms with van der Waals surface area (Å²) in [6, 6.07) is 28.0. The summed E-state index contributed by atoms with van der Waals surface area (Å²) in [5.74, 6) is -0.572. The molecule has 128 heavy (non-hydrogen) atoms. The molecule has 4 amide bonds. The summed E-state index contributed by atoms with van der Waals surface area (Å²) >= 11 is 0. The lowest BCUT2D eigenvalue weighted by Crippen LogP contribution is -2.60. The van der Waals surface area contributed by atoms with Crippen molar-refractivity contribution in [2.24, 2.45) is 23.7 Å². The average molecular weight is 1740 g/mol. The van der Waals surface area contributed by atoms with E-state index in [0.29, 0.717) is 101 Å². The maximum absolute atomic E-state index is 14.9. The van der Waals surface area contributed by atoms with E-state index in [0.717, 1.165) is 105 Å². The highest BCUT2D eigenvalue weighted by molar-refractivity contribution is 6.03. The van der Waals surface area contributed by atoms with Gasteiger partial charge in [-0.3, -0.25) is 19.2 Å². The van der Waals surface area contributed by atoms with Gasteiger partial charge in [0.05, 0.1) is 46.4 Å². The van der Waals surface area contributed by atoms with Crippen molar-refractivity contribution < 1.29 is 49.9 Å². The van der Waals surface area contributed by atoms with Gasteiger partial charge in [0.1, 0.15) is 23.1 Å². The van der Waals surface area contributed by atoms with Crippen LogP contribution in [0.1, 0.15) is 147 Å². The van der Waals surface area contributed by atoms with E-state index < -0.39 is 34.9 Å². The topological polar surface area (TPSA) is 297 Å². The number of benzene rings is 3. The van der Waals surface area contributed by atoms with Crippen LogP contribution in [0, 0.1) is 99.0 Å². The zero-order valence-electron chi connectivity index (χ0n) is 71.0. The van der Waals surface area contributed by atoms with E-state index in [2.05, 4.69) is 86.1 Å². The van der Waals surface area contributed by atoms with Gasteiger partial charge in [-0.1, -0.05) is 12.1 Å². The number of pyridine rings is 5. The number of aryl methyl sites for hydroxylation is 5. The monoisotopic (exact) mass is 1740 g/mol. The Hall–Kier alpha value is -13.7. The molecular weight excluding hydrogens is 1640 g/mol. The Labute approximate surface area is 734 Å². The summed E-state index contributed by atoms with van der Waals surface area (Å²) in [6.45, 7) is 11.5. The standard InChI is InChI=1S/3C24H23F2N5O.C24H25FN6O/c1-14-9-19(26)23(29-12-14)30-20-10-15-3-6-21(20)31(13-15)24(32)17-5-4-16(25)11-18(17)22-27-7-2-8-28-22;1-14-9-19(26)23(29-12-14)30-20-10-15-3-6-21(20)31(13-15)24(32)18-11-16(25)4-5-17(18)22-27-7-2-8-28-22;1-14-10-18(26)23(29-12-14)30-19-11-15-6-7-20(19)31(13-15)24(32)21-16(4-2-5-17(21)25)22-27-8-3-9-28-22;1-14-10-18(25)23(28-12-14)30-19-11-16-5-7-20(19)31(13-16)24(32)21-17(6-4-15(2)29-21)22-26-8-3-9-27-22/h2*2,4-5,7-9,11-12,15,20-21H,3,6,10,13H2,1H3,(H,29,30);2-5,8-10,12,15,19-20H,6-7,11,13H2,1H3,(H,29,30);3-4,6,8-10,12,16,19-20H,5,7,11,13H2,1-2H3,(H,28,30). The second kappa shape index (κ2) is 37.9. The van der Waals surface area contributed by atoms with Crippen LogP contribution in [0.2, 0.25) is 0 Å². The van der Waals surface area contributed by atoms with E-state index in [1.807, 2.05) is 35.8 Å². The van der Waals surface area contributed by atoms with Crippen LogP contribution in [0.5, 0.6) is 0 Å². The first kappa shape index (κ1) is 86.4. The SMILES string of the molecule is Cc1cnc(NC2CC3CCC2N(C(=O)c2c(F)cccc2-c2ncccn2)C3)c(F)c1.Cc1cnc(NC2CC3CCC2N(C(=O)c2cc(F)ccc2-c2ncccn2)C3)c(F)c1.Cc1cnc(NC2CC3CCC2N(C(=O)c2ccc(F)cc2-c2ncccn2)C3)c(F)c1.Cc1cnc(NC2CC3CCC2N(C(=O)c2nc(C)ccc2-c2ncccn2)C3)c(F)c1. The van der Waals surface area contributed by atoms with Gasteiger partial charge in [0.2, 0.25) is 0 Å². The van der Waals surface area contributed by atoms with E-state index in [1.54, 1.807) is 147 Å². The van der Waals surface area contributed by atoms with Gasteiger partial charge in [0.15, 0.2) is 69.8 Å². The van der Waals surface area contributed by atoms with Crippen molar-refractivity contribution in [1.29, 1.82) is 0 Å². The summed E-state index contributed by atoms with van der Waals surface area (Å²) in [4.78, 5) is 117. The quantitative estimate of drug-likeness (QED) is 0.0653. The van der Waals surface area contributed by atoms with Gasteiger partial charge in [-0.15, -0.1) is 0 Å². The molecule has 0 spiro atoms. The summed E-state index contributed by atoms with van der Waals surface area (Å²) in [6.07, 6.45) is 30.0. The van der Waals surface area contributed by atoms with E-state index in [4.69, 9.17) is 0 Å². The van der Waals surface area contributed by atoms with Gasteiger partial charge in [0, 0.05) is 147 Å².